The average molecular weight is 291 g/mol. The van der Waals surface area contributed by atoms with Crippen molar-refractivity contribution < 1.29 is 0 Å². The van der Waals surface area contributed by atoms with Crippen molar-refractivity contribution in [2.45, 2.75) is 58.5 Å². The van der Waals surface area contributed by atoms with Crippen molar-refractivity contribution in [3.05, 3.63) is 21.9 Å². The molecule has 0 bridgehead atoms. The summed E-state index contributed by atoms with van der Waals surface area (Å²) in [7, 11) is 0. The fourth-order valence-electron chi connectivity index (χ4n) is 2.79. The second-order valence-electron chi connectivity index (χ2n) is 5.32. The molecule has 2 aromatic heterocycles. The normalized spacial score (nSPS) is 15.9. The quantitative estimate of drug-likeness (QED) is 0.918. The highest BCUT2D eigenvalue weighted by molar-refractivity contribution is 7.11. The maximum absolute atomic E-state index is 4.55. The summed E-state index contributed by atoms with van der Waals surface area (Å²) in [6.07, 6.45) is 8.08. The lowest BCUT2D eigenvalue weighted by atomic mass is 10.2. The highest BCUT2D eigenvalue weighted by atomic mass is 32.1. The summed E-state index contributed by atoms with van der Waals surface area (Å²) in [5.74, 6) is 0. The molecule has 0 amide bonds. The third-order valence-electron chi connectivity index (χ3n) is 3.96. The van der Waals surface area contributed by atoms with Gasteiger partial charge in [-0.2, -0.15) is 5.10 Å². The van der Waals surface area contributed by atoms with E-state index in [2.05, 4.69) is 39.1 Å². The first-order chi connectivity index (χ1) is 9.78. The van der Waals surface area contributed by atoms with E-state index in [0.29, 0.717) is 6.04 Å². The topological polar surface area (TPSA) is 55.6 Å². The SMILES string of the molecule is CCc1nnc(CNc2cnn(C3CCCC3)c2C)s1. The van der Waals surface area contributed by atoms with E-state index in [1.54, 1.807) is 11.3 Å². The van der Waals surface area contributed by atoms with Crippen molar-refractivity contribution in [2.24, 2.45) is 0 Å². The lowest BCUT2D eigenvalue weighted by Crippen LogP contribution is -2.09. The standard InChI is InChI=1S/C14H21N5S/c1-3-13-17-18-14(20-13)9-15-12-8-16-19(10(12)2)11-6-4-5-7-11/h8,11,15H,3-7,9H2,1-2H3. The molecule has 1 aliphatic rings. The van der Waals surface area contributed by atoms with Crippen molar-refractivity contribution in [1.82, 2.24) is 20.0 Å². The highest BCUT2D eigenvalue weighted by Crippen LogP contribution is 2.31. The Hall–Kier alpha value is -1.43. The van der Waals surface area contributed by atoms with Crippen LogP contribution in [-0.4, -0.2) is 20.0 Å². The molecule has 20 heavy (non-hydrogen) atoms. The van der Waals surface area contributed by atoms with Gasteiger partial charge in [0.25, 0.3) is 0 Å². The molecular formula is C14H21N5S. The summed E-state index contributed by atoms with van der Waals surface area (Å²) in [5.41, 5.74) is 2.35. The first-order valence-electron chi connectivity index (χ1n) is 7.37. The van der Waals surface area contributed by atoms with Gasteiger partial charge in [0.2, 0.25) is 0 Å². The third-order valence-corrected chi connectivity index (χ3v) is 5.02. The number of anilines is 1. The van der Waals surface area contributed by atoms with Crippen molar-refractivity contribution >= 4 is 17.0 Å². The second kappa shape index (κ2) is 5.91. The predicted octanol–water partition coefficient (Wildman–Crippen LogP) is 3.33. The van der Waals surface area contributed by atoms with E-state index in [-0.39, 0.29) is 0 Å². The Balaban J connectivity index is 1.65. The second-order valence-corrected chi connectivity index (χ2v) is 6.47. The van der Waals surface area contributed by atoms with Crippen LogP contribution in [0.1, 0.15) is 54.4 Å². The van der Waals surface area contributed by atoms with Crippen LogP contribution < -0.4 is 5.32 Å². The minimum Gasteiger partial charge on any atom is -0.376 e. The van der Waals surface area contributed by atoms with E-state index in [0.717, 1.165) is 28.7 Å². The third kappa shape index (κ3) is 2.70. The monoisotopic (exact) mass is 291 g/mol. The summed E-state index contributed by atoms with van der Waals surface area (Å²) in [6, 6.07) is 0.596. The molecule has 3 rings (SSSR count). The molecule has 0 atom stereocenters. The van der Waals surface area contributed by atoms with Crippen LogP contribution in [0.4, 0.5) is 5.69 Å². The number of rotatable bonds is 5. The number of nitrogens with one attached hydrogen (secondary N) is 1. The molecule has 0 saturated heterocycles. The van der Waals surface area contributed by atoms with Crippen LogP contribution in [-0.2, 0) is 13.0 Å². The Morgan fingerprint density at radius 2 is 2.05 bits per heavy atom. The largest absolute Gasteiger partial charge is 0.376 e. The lowest BCUT2D eigenvalue weighted by molar-refractivity contribution is 0.457. The zero-order chi connectivity index (χ0) is 13.9. The maximum Gasteiger partial charge on any atom is 0.136 e. The summed E-state index contributed by atoms with van der Waals surface area (Å²) in [4.78, 5) is 0. The Morgan fingerprint density at radius 3 is 2.75 bits per heavy atom. The zero-order valence-electron chi connectivity index (χ0n) is 12.1. The van der Waals surface area contributed by atoms with Crippen LogP contribution in [0.25, 0.3) is 0 Å². The Kier molecular flexibility index (Phi) is 4.00. The van der Waals surface area contributed by atoms with E-state index in [1.807, 2.05) is 6.20 Å². The van der Waals surface area contributed by atoms with Crippen molar-refractivity contribution in [3.8, 4) is 0 Å². The van der Waals surface area contributed by atoms with Crippen molar-refractivity contribution in [3.63, 3.8) is 0 Å². The zero-order valence-corrected chi connectivity index (χ0v) is 12.9. The van der Waals surface area contributed by atoms with Gasteiger partial charge in [-0.15, -0.1) is 10.2 Å². The van der Waals surface area contributed by atoms with E-state index in [1.165, 1.54) is 31.4 Å². The summed E-state index contributed by atoms with van der Waals surface area (Å²) < 4.78 is 2.19. The van der Waals surface area contributed by atoms with E-state index in [9.17, 15) is 0 Å². The maximum atomic E-state index is 4.55. The van der Waals surface area contributed by atoms with E-state index >= 15 is 0 Å². The average Bonchev–Trinajstić information content (AvgIpc) is 3.17. The number of aryl methyl sites for hydroxylation is 1. The number of hydrogen-bond acceptors (Lipinski definition) is 5. The molecule has 1 fully saturated rings. The molecule has 0 spiro atoms. The summed E-state index contributed by atoms with van der Waals surface area (Å²) in [6.45, 7) is 4.98. The minimum atomic E-state index is 0.596. The van der Waals surface area contributed by atoms with Crippen LogP contribution in [0.2, 0.25) is 0 Å². The lowest BCUT2D eigenvalue weighted by Gasteiger charge is -2.12. The first-order valence-corrected chi connectivity index (χ1v) is 8.18. The molecule has 2 heterocycles. The molecule has 0 aliphatic heterocycles. The van der Waals surface area contributed by atoms with Crippen LogP contribution in [0, 0.1) is 6.92 Å². The van der Waals surface area contributed by atoms with E-state index in [4.69, 9.17) is 0 Å². The number of hydrogen-bond donors (Lipinski definition) is 1. The fraction of sp³-hybridized carbons (Fsp3) is 0.643. The molecule has 1 saturated carbocycles. The molecule has 0 unspecified atom stereocenters. The van der Waals surface area contributed by atoms with Gasteiger partial charge in [-0.25, -0.2) is 0 Å². The van der Waals surface area contributed by atoms with Gasteiger partial charge < -0.3 is 5.32 Å². The smallest absolute Gasteiger partial charge is 0.136 e. The molecular weight excluding hydrogens is 270 g/mol. The van der Waals surface area contributed by atoms with Gasteiger partial charge in [0.05, 0.1) is 30.2 Å². The van der Waals surface area contributed by atoms with Gasteiger partial charge in [-0.3, -0.25) is 4.68 Å². The van der Waals surface area contributed by atoms with E-state index < -0.39 is 0 Å². The Bertz CT molecular complexity index is 568. The highest BCUT2D eigenvalue weighted by Gasteiger charge is 2.20. The Labute approximate surface area is 123 Å². The van der Waals surface area contributed by atoms with Gasteiger partial charge in [0.1, 0.15) is 10.0 Å². The first kappa shape index (κ1) is 13.5. The van der Waals surface area contributed by atoms with Crippen LogP contribution >= 0.6 is 11.3 Å². The van der Waals surface area contributed by atoms with Gasteiger partial charge in [-0.1, -0.05) is 31.1 Å². The van der Waals surface area contributed by atoms with Gasteiger partial charge >= 0.3 is 0 Å². The molecule has 2 aromatic rings. The summed E-state index contributed by atoms with van der Waals surface area (Å²) in [5, 5.41) is 18.5. The number of aromatic nitrogens is 4. The van der Waals surface area contributed by atoms with Gasteiger partial charge in [0, 0.05) is 0 Å². The Morgan fingerprint density at radius 1 is 1.30 bits per heavy atom. The molecule has 1 N–H and O–H groups in total. The molecule has 5 nitrogen and oxygen atoms in total. The molecule has 6 heteroatoms. The molecule has 108 valence electrons. The van der Waals surface area contributed by atoms with Crippen LogP contribution in [0.15, 0.2) is 6.20 Å². The van der Waals surface area contributed by atoms with Crippen molar-refractivity contribution in [2.75, 3.05) is 5.32 Å². The van der Waals surface area contributed by atoms with Crippen LogP contribution in [0.3, 0.4) is 0 Å². The summed E-state index contributed by atoms with van der Waals surface area (Å²) >= 11 is 1.68. The predicted molar refractivity (Wildman–Crippen MR) is 81.1 cm³/mol. The number of nitrogens with zero attached hydrogens (tertiary/aromatic N) is 4. The van der Waals surface area contributed by atoms with Gasteiger partial charge in [0.15, 0.2) is 0 Å². The fourth-order valence-corrected chi connectivity index (χ4v) is 3.51. The minimum absolute atomic E-state index is 0.596. The van der Waals surface area contributed by atoms with Crippen LogP contribution in [0.5, 0.6) is 0 Å². The molecule has 0 radical (unpaired) electrons. The van der Waals surface area contributed by atoms with Gasteiger partial charge in [-0.05, 0) is 26.2 Å². The van der Waals surface area contributed by atoms with Crippen molar-refractivity contribution in [1.29, 1.82) is 0 Å². The molecule has 1 aliphatic carbocycles. The molecule has 0 aromatic carbocycles.